The summed E-state index contributed by atoms with van der Waals surface area (Å²) in [5.74, 6) is 8.69. The van der Waals surface area contributed by atoms with Crippen LogP contribution < -0.4 is 9.47 Å². The summed E-state index contributed by atoms with van der Waals surface area (Å²) in [5, 5.41) is 0. The molecule has 10 rings (SSSR count). The zero-order chi connectivity index (χ0) is 29.1. The number of benzene rings is 2. The standard InChI is InChI=1S/2C21H25O.W/c2*1-6-12-20-15(7-1)13-14-21(22-20)18-10-4-2-8-16(18)17-9-3-5-11-19(17)21;/h2*1,6-7,12,14,16-19H,2-5,8-11H2;/q2*-1;+2. The second-order valence-electron chi connectivity index (χ2n) is 15.7. The first kappa shape index (κ1) is 30.5. The van der Waals surface area contributed by atoms with Gasteiger partial charge in [-0.3, -0.25) is 0 Å². The number of para-hydroxylation sites is 2. The van der Waals surface area contributed by atoms with Gasteiger partial charge in [0.05, 0.1) is 0 Å². The van der Waals surface area contributed by atoms with Crippen LogP contribution in [0, 0.1) is 59.5 Å². The molecule has 236 valence electrons. The second kappa shape index (κ2) is 12.3. The fourth-order valence-corrected chi connectivity index (χ4v) is 12.4. The monoisotopic (exact) mass is 770 g/mol. The minimum absolute atomic E-state index is 0. The maximum Gasteiger partial charge on any atom is 2.00 e. The van der Waals surface area contributed by atoms with E-state index in [9.17, 15) is 0 Å². The minimum atomic E-state index is -0.0372. The first-order chi connectivity index (χ1) is 21.8. The molecule has 6 fully saturated rings. The third-order valence-corrected chi connectivity index (χ3v) is 13.9. The predicted molar refractivity (Wildman–Crippen MR) is 175 cm³/mol. The van der Waals surface area contributed by atoms with E-state index in [0.717, 1.165) is 70.0 Å². The van der Waals surface area contributed by atoms with Crippen LogP contribution in [-0.4, -0.2) is 11.2 Å². The van der Waals surface area contributed by atoms with Gasteiger partial charge < -0.3 is 9.47 Å². The maximum atomic E-state index is 6.80. The van der Waals surface area contributed by atoms with E-state index < -0.39 is 0 Å². The largest absolute Gasteiger partial charge is 2.00 e. The SMILES string of the molecule is [C-]1=CC2(Oc3ccccc31)C1CCCCC1C1CCCCC12.[C-]1=CC2(Oc3ccccc31)C1CCCCC1C1CCCCC12.[W+2]. The molecule has 3 heteroatoms. The number of hydrogen-bond acceptors (Lipinski definition) is 2. The van der Waals surface area contributed by atoms with E-state index in [1.54, 1.807) is 0 Å². The predicted octanol–water partition coefficient (Wildman–Crippen LogP) is 10.3. The van der Waals surface area contributed by atoms with Crippen molar-refractivity contribution < 1.29 is 30.5 Å². The molecule has 0 N–H and O–H groups in total. The summed E-state index contributed by atoms with van der Waals surface area (Å²) in [6.45, 7) is 0. The van der Waals surface area contributed by atoms with Gasteiger partial charge in [-0.05, 0) is 75.0 Å². The summed E-state index contributed by atoms with van der Waals surface area (Å²) < 4.78 is 13.6. The van der Waals surface area contributed by atoms with Gasteiger partial charge in [0.25, 0.3) is 0 Å². The Morgan fingerprint density at radius 2 is 0.756 bits per heavy atom. The zero-order valence-electron chi connectivity index (χ0n) is 26.9. The molecule has 45 heavy (non-hydrogen) atoms. The zero-order valence-corrected chi connectivity index (χ0v) is 29.9. The fraction of sp³-hybridized carbons (Fsp3) is 0.619. The van der Waals surface area contributed by atoms with Crippen molar-refractivity contribution in [1.29, 1.82) is 0 Å². The van der Waals surface area contributed by atoms with Gasteiger partial charge in [-0.1, -0.05) is 75.6 Å². The van der Waals surface area contributed by atoms with Crippen molar-refractivity contribution in [3.8, 4) is 11.5 Å². The molecule has 8 unspecified atom stereocenters. The summed E-state index contributed by atoms with van der Waals surface area (Å²) in [6.07, 6.45) is 34.4. The van der Waals surface area contributed by atoms with Gasteiger partial charge in [0, 0.05) is 35.2 Å². The summed E-state index contributed by atoms with van der Waals surface area (Å²) in [6, 6.07) is 16.9. The topological polar surface area (TPSA) is 18.5 Å². The smallest absolute Gasteiger partial charge is 0.542 e. The minimum Gasteiger partial charge on any atom is -0.542 e. The fourth-order valence-electron chi connectivity index (χ4n) is 12.4. The molecule has 0 saturated heterocycles. The molecular formula is C42H50O2W. The van der Waals surface area contributed by atoms with E-state index in [2.05, 4.69) is 72.8 Å². The van der Waals surface area contributed by atoms with Crippen LogP contribution in [-0.2, 0) is 21.1 Å². The van der Waals surface area contributed by atoms with Gasteiger partial charge in [0.2, 0.25) is 0 Å². The molecule has 0 radical (unpaired) electrons. The molecule has 2 nitrogen and oxygen atoms in total. The Balaban J connectivity index is 0.000000131. The van der Waals surface area contributed by atoms with Gasteiger partial charge in [-0.2, -0.15) is 35.4 Å². The van der Waals surface area contributed by atoms with Crippen LogP contribution >= 0.6 is 0 Å². The van der Waals surface area contributed by atoms with Crippen molar-refractivity contribution in [2.75, 3.05) is 0 Å². The first-order valence-corrected chi connectivity index (χ1v) is 18.5. The van der Waals surface area contributed by atoms with E-state index in [1.807, 2.05) is 0 Å². The van der Waals surface area contributed by atoms with Crippen molar-refractivity contribution in [3.63, 3.8) is 0 Å². The number of hydrogen-bond donors (Lipinski definition) is 0. The molecule has 0 amide bonds. The Labute approximate surface area is 286 Å². The van der Waals surface area contributed by atoms with E-state index in [-0.39, 0.29) is 32.3 Å². The van der Waals surface area contributed by atoms with Crippen LogP contribution in [0.4, 0.5) is 0 Å². The van der Waals surface area contributed by atoms with Crippen LogP contribution in [0.15, 0.2) is 60.7 Å². The quantitative estimate of drug-likeness (QED) is 0.249. The summed E-state index contributed by atoms with van der Waals surface area (Å²) in [5.41, 5.74) is 2.20. The van der Waals surface area contributed by atoms with Crippen molar-refractivity contribution in [2.24, 2.45) is 47.3 Å². The number of ether oxygens (including phenoxy) is 2. The Morgan fingerprint density at radius 1 is 0.444 bits per heavy atom. The molecule has 0 aromatic heterocycles. The van der Waals surface area contributed by atoms with Crippen molar-refractivity contribution in [3.05, 3.63) is 84.0 Å². The molecule has 0 bridgehead atoms. The summed E-state index contributed by atoms with van der Waals surface area (Å²) in [4.78, 5) is 0. The second-order valence-corrected chi connectivity index (χ2v) is 15.7. The number of rotatable bonds is 0. The molecule has 2 aromatic rings. The third-order valence-electron chi connectivity index (χ3n) is 13.9. The molecule has 2 aromatic carbocycles. The average Bonchev–Trinajstić information content (AvgIpc) is 3.52. The molecule has 2 heterocycles. The van der Waals surface area contributed by atoms with Crippen molar-refractivity contribution in [1.82, 2.24) is 0 Å². The van der Waals surface area contributed by atoms with Crippen molar-refractivity contribution >= 4 is 0 Å². The summed E-state index contributed by atoms with van der Waals surface area (Å²) >= 11 is 0. The van der Waals surface area contributed by atoms with E-state index >= 15 is 0 Å². The first-order valence-electron chi connectivity index (χ1n) is 18.5. The molecule has 2 aliphatic heterocycles. The number of fused-ring (bicyclic) bond motifs is 12. The average molecular weight is 771 g/mol. The normalized spacial score (nSPS) is 41.4. The molecule has 6 saturated carbocycles. The van der Waals surface area contributed by atoms with Crippen LogP contribution in [0.3, 0.4) is 0 Å². The van der Waals surface area contributed by atoms with Crippen LogP contribution in [0.1, 0.15) is 114 Å². The Bertz CT molecular complexity index is 1270. The van der Waals surface area contributed by atoms with Crippen LogP contribution in [0.25, 0.3) is 0 Å². The van der Waals surface area contributed by atoms with Crippen LogP contribution in [0.2, 0.25) is 0 Å². The van der Waals surface area contributed by atoms with E-state index in [1.165, 1.54) is 103 Å². The van der Waals surface area contributed by atoms with E-state index in [4.69, 9.17) is 9.47 Å². The van der Waals surface area contributed by atoms with Gasteiger partial charge in [-0.25, -0.2) is 0 Å². The molecular weight excluding hydrogens is 720 g/mol. The van der Waals surface area contributed by atoms with Gasteiger partial charge in [0.15, 0.2) is 0 Å². The Hall–Kier alpha value is -1.79. The summed E-state index contributed by atoms with van der Waals surface area (Å²) in [7, 11) is 0. The molecule has 8 aliphatic rings. The van der Waals surface area contributed by atoms with Gasteiger partial charge in [0.1, 0.15) is 11.2 Å². The van der Waals surface area contributed by atoms with Crippen LogP contribution in [0.5, 0.6) is 11.5 Å². The van der Waals surface area contributed by atoms with Gasteiger partial charge in [-0.15, -0.1) is 24.3 Å². The van der Waals surface area contributed by atoms with Gasteiger partial charge >= 0.3 is 21.1 Å². The van der Waals surface area contributed by atoms with Crippen molar-refractivity contribution in [2.45, 2.75) is 114 Å². The Morgan fingerprint density at radius 3 is 1.11 bits per heavy atom. The Kier molecular flexibility index (Phi) is 8.37. The van der Waals surface area contributed by atoms with E-state index in [0.29, 0.717) is 0 Å². The third kappa shape index (κ3) is 4.88. The molecule has 2 spiro atoms. The maximum absolute atomic E-state index is 6.80. The molecule has 6 aliphatic carbocycles. The molecule has 8 atom stereocenters.